The number of amides is 1. The van der Waals surface area contributed by atoms with E-state index in [4.69, 9.17) is 9.72 Å². The third-order valence-electron chi connectivity index (χ3n) is 7.41. The minimum Gasteiger partial charge on any atom is -0.375 e. The number of rotatable bonds is 9. The van der Waals surface area contributed by atoms with E-state index in [0.29, 0.717) is 24.8 Å². The highest BCUT2D eigenvalue weighted by Gasteiger charge is 2.25. The van der Waals surface area contributed by atoms with Crippen LogP contribution < -0.4 is 5.32 Å². The molecule has 4 aromatic rings. The van der Waals surface area contributed by atoms with E-state index in [9.17, 15) is 4.79 Å². The van der Waals surface area contributed by atoms with Crippen molar-refractivity contribution >= 4 is 16.8 Å². The molecule has 1 N–H and O–H groups in total. The highest BCUT2D eigenvalue weighted by Crippen LogP contribution is 2.32. The molecule has 0 bridgehead atoms. The van der Waals surface area contributed by atoms with Crippen LogP contribution in [0.5, 0.6) is 0 Å². The Morgan fingerprint density at radius 2 is 1.73 bits per heavy atom. The number of pyridine rings is 1. The van der Waals surface area contributed by atoms with Crippen LogP contribution in [0.3, 0.4) is 0 Å². The molecule has 0 spiro atoms. The first-order valence-electron chi connectivity index (χ1n) is 13.3. The zero-order chi connectivity index (χ0) is 25.6. The number of aromatic nitrogens is 1. The molecule has 37 heavy (non-hydrogen) atoms. The van der Waals surface area contributed by atoms with Crippen LogP contribution in [-0.4, -0.2) is 42.0 Å². The molecule has 0 radical (unpaired) electrons. The van der Waals surface area contributed by atoms with Crippen molar-refractivity contribution < 1.29 is 9.53 Å². The van der Waals surface area contributed by atoms with Crippen molar-refractivity contribution in [3.8, 4) is 11.3 Å². The summed E-state index contributed by atoms with van der Waals surface area (Å²) in [6.07, 6.45) is 3.13. The van der Waals surface area contributed by atoms with Crippen molar-refractivity contribution in [3.63, 3.8) is 0 Å². The van der Waals surface area contributed by atoms with Crippen LogP contribution in [0, 0.1) is 0 Å². The number of nitrogens with one attached hydrogen (secondary N) is 1. The second-order valence-electron chi connectivity index (χ2n) is 9.83. The molecule has 1 unspecified atom stereocenters. The van der Waals surface area contributed by atoms with Gasteiger partial charge in [0.05, 0.1) is 36.0 Å². The minimum absolute atomic E-state index is 0.0818. The van der Waals surface area contributed by atoms with Gasteiger partial charge in [0, 0.05) is 22.6 Å². The van der Waals surface area contributed by atoms with Crippen molar-refractivity contribution in [2.75, 3.05) is 20.2 Å². The van der Waals surface area contributed by atoms with E-state index in [0.717, 1.165) is 52.7 Å². The number of fused-ring (bicyclic) bond motifs is 1. The molecule has 1 amide bonds. The molecule has 1 aliphatic rings. The van der Waals surface area contributed by atoms with E-state index >= 15 is 0 Å². The maximum Gasteiger partial charge on any atom is 0.252 e. The van der Waals surface area contributed by atoms with E-state index < -0.39 is 0 Å². The van der Waals surface area contributed by atoms with Gasteiger partial charge in [0.2, 0.25) is 0 Å². The van der Waals surface area contributed by atoms with Gasteiger partial charge < -0.3 is 15.0 Å². The van der Waals surface area contributed by atoms with Crippen molar-refractivity contribution in [1.29, 1.82) is 0 Å². The second-order valence-corrected chi connectivity index (χ2v) is 9.83. The summed E-state index contributed by atoms with van der Waals surface area (Å²) in [5, 5.41) is 4.17. The molecule has 1 aromatic heterocycles. The summed E-state index contributed by atoms with van der Waals surface area (Å²) in [5.41, 5.74) is 5.18. The average Bonchev–Trinajstić information content (AvgIpc) is 3.36. The largest absolute Gasteiger partial charge is 0.375 e. The SMILES string of the molecule is CC[C@H](NC(=O)c1c(COCC2CCCN2C)c(-c2ccccc2)nc2ccccc12)c1ccccc1. The Morgan fingerprint density at radius 1 is 1.03 bits per heavy atom. The van der Waals surface area contributed by atoms with E-state index in [2.05, 4.69) is 36.3 Å². The fourth-order valence-electron chi connectivity index (χ4n) is 5.31. The van der Waals surface area contributed by atoms with Gasteiger partial charge in [0.1, 0.15) is 0 Å². The summed E-state index contributed by atoms with van der Waals surface area (Å²) in [5.74, 6) is -0.0944. The molecule has 190 valence electrons. The Kier molecular flexibility index (Phi) is 7.93. The maximum atomic E-state index is 14.1. The monoisotopic (exact) mass is 493 g/mol. The van der Waals surface area contributed by atoms with Crippen molar-refractivity contribution in [1.82, 2.24) is 15.2 Å². The quantitative estimate of drug-likeness (QED) is 0.293. The number of likely N-dealkylation sites (N-methyl/N-ethyl adjacent to an activating group) is 1. The summed E-state index contributed by atoms with van der Waals surface area (Å²) < 4.78 is 6.33. The lowest BCUT2D eigenvalue weighted by Gasteiger charge is -2.23. The molecule has 5 heteroatoms. The second kappa shape index (κ2) is 11.7. The van der Waals surface area contributed by atoms with Crippen LogP contribution in [0.25, 0.3) is 22.2 Å². The summed E-state index contributed by atoms with van der Waals surface area (Å²) in [6.45, 7) is 4.17. The third-order valence-corrected chi connectivity index (χ3v) is 7.41. The lowest BCUT2D eigenvalue weighted by atomic mass is 9.95. The Balaban J connectivity index is 1.57. The highest BCUT2D eigenvalue weighted by atomic mass is 16.5. The Hall–Kier alpha value is -3.54. The van der Waals surface area contributed by atoms with E-state index in [1.165, 1.54) is 6.42 Å². The predicted octanol–water partition coefficient (Wildman–Crippen LogP) is 6.39. The number of carbonyl (C=O) groups excluding carboxylic acids is 1. The molecule has 2 heterocycles. The summed E-state index contributed by atoms with van der Waals surface area (Å²) in [4.78, 5) is 21.5. The molecule has 0 saturated carbocycles. The van der Waals surface area contributed by atoms with Crippen LogP contribution in [0.4, 0.5) is 0 Å². The van der Waals surface area contributed by atoms with Gasteiger partial charge in [-0.05, 0) is 44.5 Å². The van der Waals surface area contributed by atoms with Crippen molar-refractivity contribution in [3.05, 3.63) is 102 Å². The van der Waals surface area contributed by atoms with Gasteiger partial charge in [0.15, 0.2) is 0 Å². The zero-order valence-corrected chi connectivity index (χ0v) is 21.7. The highest BCUT2D eigenvalue weighted by molar-refractivity contribution is 6.09. The van der Waals surface area contributed by atoms with E-state index in [1.807, 2.05) is 72.8 Å². The number of hydrogen-bond donors (Lipinski definition) is 1. The lowest BCUT2D eigenvalue weighted by molar-refractivity contribution is 0.0737. The average molecular weight is 494 g/mol. The fraction of sp³-hybridized carbons (Fsp3) is 0.312. The van der Waals surface area contributed by atoms with Crippen LogP contribution in [0.1, 0.15) is 53.7 Å². The molecule has 1 aliphatic heterocycles. The molecule has 5 rings (SSSR count). The van der Waals surface area contributed by atoms with Gasteiger partial charge >= 0.3 is 0 Å². The van der Waals surface area contributed by atoms with Gasteiger partial charge in [-0.25, -0.2) is 4.98 Å². The Morgan fingerprint density at radius 3 is 2.43 bits per heavy atom. The Bertz CT molecular complexity index is 1340. The first-order valence-corrected chi connectivity index (χ1v) is 13.3. The number of likely N-dealkylation sites (tertiary alicyclic amines) is 1. The summed E-state index contributed by atoms with van der Waals surface area (Å²) in [6, 6.07) is 28.5. The number of para-hydroxylation sites is 1. The number of nitrogens with zero attached hydrogens (tertiary/aromatic N) is 2. The fourth-order valence-corrected chi connectivity index (χ4v) is 5.31. The number of ether oxygens (including phenoxy) is 1. The maximum absolute atomic E-state index is 14.1. The normalized spacial score (nSPS) is 16.6. The van der Waals surface area contributed by atoms with Crippen molar-refractivity contribution in [2.24, 2.45) is 0 Å². The van der Waals surface area contributed by atoms with Crippen LogP contribution in [0.2, 0.25) is 0 Å². The molecule has 2 atom stereocenters. The van der Waals surface area contributed by atoms with Gasteiger partial charge in [-0.15, -0.1) is 0 Å². The molecule has 1 saturated heterocycles. The minimum atomic E-state index is -0.0944. The van der Waals surface area contributed by atoms with Crippen LogP contribution >= 0.6 is 0 Å². The standard InChI is InChI=1S/C32H35N3O2/c1-3-28(23-13-6-4-7-14-23)34-32(36)30-26-18-10-11-19-29(26)33-31(24-15-8-5-9-16-24)27(30)22-37-21-25-17-12-20-35(25)2/h4-11,13-16,18-19,25,28H,3,12,17,20-22H2,1-2H3,(H,34,36)/t25?,28-/m0/s1. The summed E-state index contributed by atoms with van der Waals surface area (Å²) in [7, 11) is 2.15. The number of hydrogen-bond acceptors (Lipinski definition) is 4. The third kappa shape index (κ3) is 5.58. The molecular formula is C32H35N3O2. The molecule has 5 nitrogen and oxygen atoms in total. The van der Waals surface area contributed by atoms with Gasteiger partial charge in [0.25, 0.3) is 5.91 Å². The van der Waals surface area contributed by atoms with Gasteiger partial charge in [-0.2, -0.15) is 0 Å². The van der Waals surface area contributed by atoms with Gasteiger partial charge in [-0.1, -0.05) is 85.8 Å². The lowest BCUT2D eigenvalue weighted by Crippen LogP contribution is -2.31. The van der Waals surface area contributed by atoms with E-state index in [-0.39, 0.29) is 11.9 Å². The smallest absolute Gasteiger partial charge is 0.252 e. The van der Waals surface area contributed by atoms with E-state index in [1.54, 1.807) is 0 Å². The molecule has 0 aliphatic carbocycles. The summed E-state index contributed by atoms with van der Waals surface area (Å²) >= 11 is 0. The Labute approximate surface area is 219 Å². The van der Waals surface area contributed by atoms with Crippen LogP contribution in [-0.2, 0) is 11.3 Å². The molecule has 1 fully saturated rings. The molecule has 3 aromatic carbocycles. The zero-order valence-electron chi connectivity index (χ0n) is 21.7. The first kappa shape index (κ1) is 25.1. The molecular weight excluding hydrogens is 458 g/mol. The van der Waals surface area contributed by atoms with Crippen molar-refractivity contribution in [2.45, 2.75) is 44.9 Å². The number of benzene rings is 3. The predicted molar refractivity (Wildman–Crippen MR) is 149 cm³/mol. The number of carbonyl (C=O) groups is 1. The topological polar surface area (TPSA) is 54.5 Å². The first-order chi connectivity index (χ1) is 18.2. The van der Waals surface area contributed by atoms with Gasteiger partial charge in [-0.3, -0.25) is 4.79 Å². The van der Waals surface area contributed by atoms with Crippen LogP contribution in [0.15, 0.2) is 84.9 Å².